The first-order valence-electron chi connectivity index (χ1n) is 14.1. The third-order valence-corrected chi connectivity index (χ3v) is 9.03. The second kappa shape index (κ2) is 12.3. The van der Waals surface area contributed by atoms with Gasteiger partial charge in [0.2, 0.25) is 5.91 Å². The second-order valence-corrected chi connectivity index (χ2v) is 12.1. The number of phenols is 1. The Morgan fingerprint density at radius 1 is 1.02 bits per heavy atom. The quantitative estimate of drug-likeness (QED) is 0.126. The van der Waals surface area contributed by atoms with E-state index in [1.54, 1.807) is 24.2 Å². The zero-order chi connectivity index (χ0) is 33.1. The molecule has 0 spiro atoms. The third-order valence-electron chi connectivity index (χ3n) is 9.03. The Morgan fingerprint density at radius 2 is 1.65 bits per heavy atom. The molecule has 0 radical (unpaired) electrons. The number of amides is 3. The number of nitrogens with two attached hydrogens (primary N) is 1. The van der Waals surface area contributed by atoms with Crippen LogP contribution in [-0.4, -0.2) is 90.0 Å². The lowest BCUT2D eigenvalue weighted by Gasteiger charge is -2.52. The van der Waals surface area contributed by atoms with Crippen LogP contribution in [0, 0.1) is 28.6 Å². The van der Waals surface area contributed by atoms with Crippen LogP contribution < -0.4 is 43.4 Å². The van der Waals surface area contributed by atoms with E-state index in [4.69, 9.17) is 5.73 Å². The van der Waals surface area contributed by atoms with Crippen LogP contribution in [0.25, 0.3) is 0 Å². The first kappa shape index (κ1) is 34.3. The van der Waals surface area contributed by atoms with Gasteiger partial charge in [-0.05, 0) is 56.6 Å². The molecule has 0 aliphatic heterocycles. The molecule has 2 fully saturated rings. The maximum atomic E-state index is 14.1. The number of phenolic OH excluding ortho intramolecular Hbond substituents is 1. The topological polar surface area (TPSA) is 230 Å². The highest BCUT2D eigenvalue weighted by Crippen LogP contribution is 2.52. The van der Waals surface area contributed by atoms with Gasteiger partial charge in [-0.3, -0.25) is 28.9 Å². The van der Waals surface area contributed by atoms with E-state index in [2.05, 4.69) is 10.6 Å². The van der Waals surface area contributed by atoms with Crippen molar-refractivity contribution in [3.05, 3.63) is 46.4 Å². The molecule has 2 unspecified atom stereocenters. The smallest absolute Gasteiger partial charge is 0.323 e. The molecule has 16 heteroatoms. The number of aromatic hydroxyl groups is 1. The van der Waals surface area contributed by atoms with Gasteiger partial charge < -0.3 is 48.5 Å². The Morgan fingerprint density at radius 3 is 2.20 bits per heavy atom. The van der Waals surface area contributed by atoms with Crippen molar-refractivity contribution < 1.29 is 61.1 Å². The number of carbonyl (C=O) groups is 6. The van der Waals surface area contributed by atoms with E-state index >= 15 is 0 Å². The number of anilines is 3. The number of ketones is 4. The molecule has 0 bridgehead atoms. The summed E-state index contributed by atoms with van der Waals surface area (Å²) in [7, 11) is 6.41. The Balaban J connectivity index is 0.00000480. The molecule has 3 aliphatic rings. The highest BCUT2D eigenvalue weighted by Gasteiger charge is 2.69. The van der Waals surface area contributed by atoms with Gasteiger partial charge in [0.05, 0.1) is 23.2 Å². The molecule has 244 valence electrons. The van der Waals surface area contributed by atoms with E-state index in [1.807, 2.05) is 0 Å². The Bertz CT molecular complexity index is 1680. The number of likely N-dealkylation sites (N-methyl/N-ethyl adjacent to an activating group) is 1. The molecule has 3 amide bonds. The minimum absolute atomic E-state index is 0. The molecule has 6 atom stereocenters. The summed E-state index contributed by atoms with van der Waals surface area (Å²) in [5, 5.41) is 29.8. The van der Waals surface area contributed by atoms with Gasteiger partial charge in [0, 0.05) is 53.6 Å². The number of urea groups is 1. The number of carbonyl (C=O) groups excluding carboxylic acids is 6. The molecule has 0 heterocycles. The number of halogens is 1. The summed E-state index contributed by atoms with van der Waals surface area (Å²) in [5.74, 6) is -11.8. The SMILES string of the molecule is CN(C)c1cc(NC(=O)Nc2ccc([NH+]=O)cc2)c(O)c2c1C[C@H]1C[C@H]3[C@H](N(C)C)C(=O)C(C(N)=O)C(=O)[C@@]3(O)C(=O)C1C2=O.[Br-]. The van der Waals surface area contributed by atoms with Gasteiger partial charge in [-0.2, -0.15) is 0 Å². The van der Waals surface area contributed by atoms with Crippen molar-refractivity contribution in [1.82, 2.24) is 4.90 Å². The summed E-state index contributed by atoms with van der Waals surface area (Å²) in [4.78, 5) is 93.8. The van der Waals surface area contributed by atoms with Crippen molar-refractivity contribution >= 4 is 57.8 Å². The van der Waals surface area contributed by atoms with E-state index in [1.165, 1.54) is 49.3 Å². The predicted molar refractivity (Wildman–Crippen MR) is 159 cm³/mol. The fraction of sp³-hybridized carbons (Fsp3) is 0.400. The summed E-state index contributed by atoms with van der Waals surface area (Å²) in [6.45, 7) is 0. The zero-order valence-corrected chi connectivity index (χ0v) is 26.9. The summed E-state index contributed by atoms with van der Waals surface area (Å²) in [5.41, 5.74) is 3.55. The first-order chi connectivity index (χ1) is 21.1. The largest absolute Gasteiger partial charge is 1.00 e. The molecule has 3 aliphatic carbocycles. The molecule has 2 aromatic rings. The lowest BCUT2D eigenvalue weighted by molar-refractivity contribution is -0.379. The number of primary amides is 1. The number of nitroso groups, excluding NO2 is 1. The molecule has 2 aromatic carbocycles. The summed E-state index contributed by atoms with van der Waals surface area (Å²) >= 11 is 0. The predicted octanol–water partition coefficient (Wildman–Crippen LogP) is -3.94. The van der Waals surface area contributed by atoms with Gasteiger partial charge in [-0.25, -0.2) is 4.79 Å². The fourth-order valence-corrected chi connectivity index (χ4v) is 7.05. The standard InChI is InChI=1S/C30H32N6O9.BrH/c1-35(2)18-11-17(33-29(43)32-13-5-7-14(34-45)8-6-13)23(37)20-15(18)9-12-10-16-22(36(3)4)25(39)21(28(31)42)27(41)30(16,44)26(40)19(12)24(20)38;/h5-8,11-12,16,19,21-22,37,44H,9-10H2,1-4H3,(H2,31,42)(H2,32,33,43);1H/t12-,16-,19?,21?,22-,30-;/m0./s1. The van der Waals surface area contributed by atoms with Gasteiger partial charge in [-0.15, -0.1) is 0 Å². The van der Waals surface area contributed by atoms with E-state index < -0.39 is 76.1 Å². The highest BCUT2D eigenvalue weighted by atomic mass is 79.9. The van der Waals surface area contributed by atoms with Crippen molar-refractivity contribution in [2.24, 2.45) is 29.4 Å². The normalized spacial score (nSPS) is 26.7. The Labute approximate surface area is 273 Å². The number of benzene rings is 2. The lowest BCUT2D eigenvalue weighted by Crippen LogP contribution is -3.00. The highest BCUT2D eigenvalue weighted by molar-refractivity contribution is 6.32. The number of aliphatic hydroxyl groups is 1. The van der Waals surface area contributed by atoms with Crippen LogP contribution in [0.2, 0.25) is 0 Å². The number of nitrogens with one attached hydrogen (secondary N) is 3. The molecule has 15 nitrogen and oxygen atoms in total. The summed E-state index contributed by atoms with van der Waals surface area (Å²) < 4.78 is 0. The van der Waals surface area contributed by atoms with Crippen molar-refractivity contribution in [2.45, 2.75) is 24.5 Å². The maximum absolute atomic E-state index is 14.1. The van der Waals surface area contributed by atoms with E-state index in [9.17, 15) is 43.9 Å². The first-order valence-corrected chi connectivity index (χ1v) is 14.1. The van der Waals surface area contributed by atoms with Crippen molar-refractivity contribution in [3.63, 3.8) is 0 Å². The van der Waals surface area contributed by atoms with Crippen molar-refractivity contribution in [3.8, 4) is 5.75 Å². The minimum Gasteiger partial charge on any atom is -1.00 e. The monoisotopic (exact) mass is 700 g/mol. The third kappa shape index (κ3) is 5.25. The molecule has 7 N–H and O–H groups in total. The number of rotatable bonds is 6. The molecule has 5 rings (SSSR count). The number of Topliss-reactive ketones (excluding diaryl/α,β-unsaturated/α-hetero) is 4. The average molecular weight is 702 g/mol. The summed E-state index contributed by atoms with van der Waals surface area (Å²) in [6, 6.07) is 5.31. The van der Waals surface area contributed by atoms with Crippen LogP contribution >= 0.6 is 0 Å². The van der Waals surface area contributed by atoms with Crippen LogP contribution in [0.5, 0.6) is 5.75 Å². The second-order valence-electron chi connectivity index (χ2n) is 12.1. The molecule has 0 aromatic heterocycles. The lowest BCUT2D eigenvalue weighted by atomic mass is 9.52. The van der Waals surface area contributed by atoms with Crippen LogP contribution in [0.3, 0.4) is 0 Å². The van der Waals surface area contributed by atoms with Crippen LogP contribution in [0.1, 0.15) is 22.3 Å². The number of fused-ring (bicyclic) bond motifs is 3. The van der Waals surface area contributed by atoms with Crippen LogP contribution in [-0.2, 0) is 25.6 Å². The zero-order valence-electron chi connectivity index (χ0n) is 25.3. The molecular formula is C30H33BrN6O9. The summed E-state index contributed by atoms with van der Waals surface area (Å²) in [6.07, 6.45) is -0.0138. The fourth-order valence-electron chi connectivity index (χ4n) is 7.05. The van der Waals surface area contributed by atoms with Gasteiger partial charge in [-0.1, -0.05) is 0 Å². The van der Waals surface area contributed by atoms with Crippen LogP contribution in [0.4, 0.5) is 27.5 Å². The van der Waals surface area contributed by atoms with Gasteiger partial charge in [0.1, 0.15) is 5.75 Å². The van der Waals surface area contributed by atoms with Gasteiger partial charge in [0.25, 0.3) is 5.69 Å². The number of nitrogens with zero attached hydrogens (tertiary/aromatic N) is 2. The van der Waals surface area contributed by atoms with E-state index in [0.717, 1.165) is 0 Å². The van der Waals surface area contributed by atoms with E-state index in [-0.39, 0.29) is 46.8 Å². The number of hydrogen-bond donors (Lipinski definition) is 6. The van der Waals surface area contributed by atoms with E-state index in [0.29, 0.717) is 16.9 Å². The molecule has 0 saturated heterocycles. The van der Waals surface area contributed by atoms with Gasteiger partial charge in [0.15, 0.2) is 34.7 Å². The van der Waals surface area contributed by atoms with Crippen molar-refractivity contribution in [1.29, 1.82) is 0 Å². The maximum Gasteiger partial charge on any atom is 0.323 e. The number of hydrogen-bond acceptors (Lipinski definition) is 11. The van der Waals surface area contributed by atoms with Crippen molar-refractivity contribution in [2.75, 3.05) is 43.7 Å². The Kier molecular flexibility index (Phi) is 9.21. The van der Waals surface area contributed by atoms with Crippen LogP contribution in [0.15, 0.2) is 30.3 Å². The minimum atomic E-state index is -2.84. The Hall–Kier alpha value is -4.54. The molecular weight excluding hydrogens is 668 g/mol. The van der Waals surface area contributed by atoms with Gasteiger partial charge >= 0.3 is 6.03 Å². The molecule has 2 saturated carbocycles. The molecule has 46 heavy (non-hydrogen) atoms. The average Bonchev–Trinajstić information content (AvgIpc) is 2.96.